The van der Waals surface area contributed by atoms with Gasteiger partial charge in [-0.05, 0) is 19.9 Å². The molecule has 0 aliphatic heterocycles. The zero-order valence-corrected chi connectivity index (χ0v) is 13.8. The topological polar surface area (TPSA) is 34.2 Å². The first kappa shape index (κ1) is 16.1. The fourth-order valence-corrected chi connectivity index (χ4v) is 3.27. The summed E-state index contributed by atoms with van der Waals surface area (Å²) in [7, 11) is 1.77. The number of methoxy groups -OCH3 is 1. The number of likely N-dealkylation sites (N-methyl/N-ethyl adjacent to an activating group) is 1. The third-order valence-corrected chi connectivity index (χ3v) is 4.43. The second-order valence-electron chi connectivity index (χ2n) is 5.23. The summed E-state index contributed by atoms with van der Waals surface area (Å²) in [4.78, 5) is 4.77. The third kappa shape index (κ3) is 4.92. The molecule has 4 heteroatoms. The van der Waals surface area contributed by atoms with E-state index < -0.39 is 0 Å². The molecule has 0 spiro atoms. The van der Waals surface area contributed by atoms with Crippen molar-refractivity contribution in [2.24, 2.45) is 0 Å². The predicted octanol–water partition coefficient (Wildman–Crippen LogP) is 3.76. The Morgan fingerprint density at radius 1 is 1.29 bits per heavy atom. The van der Waals surface area contributed by atoms with Crippen LogP contribution in [0.25, 0.3) is 11.3 Å². The van der Waals surface area contributed by atoms with Gasteiger partial charge in [0.1, 0.15) is 0 Å². The summed E-state index contributed by atoms with van der Waals surface area (Å²) >= 11 is 1.74. The number of nitrogens with one attached hydrogen (secondary N) is 1. The van der Waals surface area contributed by atoms with Crippen LogP contribution in [0.1, 0.15) is 25.3 Å². The molecule has 0 amide bonds. The number of rotatable bonds is 8. The lowest BCUT2D eigenvalue weighted by molar-refractivity contribution is 0.101. The van der Waals surface area contributed by atoms with Crippen molar-refractivity contribution in [2.75, 3.05) is 13.7 Å². The molecule has 0 fully saturated rings. The van der Waals surface area contributed by atoms with Gasteiger partial charge >= 0.3 is 0 Å². The molecule has 0 aliphatic carbocycles. The van der Waals surface area contributed by atoms with Crippen LogP contribution in [0.15, 0.2) is 35.7 Å². The van der Waals surface area contributed by atoms with Crippen molar-refractivity contribution in [1.29, 1.82) is 0 Å². The Hall–Kier alpha value is -1.23. The van der Waals surface area contributed by atoms with Gasteiger partial charge in [-0.1, -0.05) is 37.3 Å². The van der Waals surface area contributed by atoms with Gasteiger partial charge in [-0.2, -0.15) is 0 Å². The maximum absolute atomic E-state index is 5.38. The Kier molecular flexibility index (Phi) is 6.36. The van der Waals surface area contributed by atoms with Gasteiger partial charge in [0.05, 0.1) is 16.8 Å². The zero-order valence-electron chi connectivity index (χ0n) is 13.0. The Morgan fingerprint density at radius 2 is 2.05 bits per heavy atom. The smallest absolute Gasteiger partial charge is 0.0948 e. The first-order valence-corrected chi connectivity index (χ1v) is 8.36. The molecule has 2 rings (SSSR count). The van der Waals surface area contributed by atoms with Crippen LogP contribution in [0.3, 0.4) is 0 Å². The normalized spacial score (nSPS) is 14.0. The maximum Gasteiger partial charge on any atom is 0.0948 e. The summed E-state index contributed by atoms with van der Waals surface area (Å²) in [5.74, 6) is 0. The van der Waals surface area contributed by atoms with E-state index in [1.54, 1.807) is 18.4 Å². The van der Waals surface area contributed by atoms with Crippen LogP contribution >= 0.6 is 11.3 Å². The van der Waals surface area contributed by atoms with Crippen molar-refractivity contribution in [2.45, 2.75) is 38.8 Å². The van der Waals surface area contributed by atoms with Crippen molar-refractivity contribution < 1.29 is 4.74 Å². The molecule has 2 atom stereocenters. The van der Waals surface area contributed by atoms with Crippen molar-refractivity contribution in [3.8, 4) is 11.3 Å². The molecular weight excluding hydrogens is 280 g/mol. The predicted molar refractivity (Wildman–Crippen MR) is 89.8 cm³/mol. The molecule has 0 saturated carbocycles. The lowest BCUT2D eigenvalue weighted by Crippen LogP contribution is -2.34. The number of ether oxygens (including phenoxy) is 1. The molecule has 114 valence electrons. The first-order chi connectivity index (χ1) is 10.2. The Morgan fingerprint density at radius 3 is 2.71 bits per heavy atom. The summed E-state index contributed by atoms with van der Waals surface area (Å²) in [6.45, 7) is 5.22. The van der Waals surface area contributed by atoms with Crippen molar-refractivity contribution in [1.82, 2.24) is 10.3 Å². The van der Waals surface area contributed by atoms with E-state index in [0.717, 1.165) is 25.1 Å². The Balaban J connectivity index is 2.02. The third-order valence-electron chi connectivity index (χ3n) is 3.55. The highest BCUT2D eigenvalue weighted by atomic mass is 32.1. The molecule has 1 N–H and O–H groups in total. The summed E-state index contributed by atoms with van der Waals surface area (Å²) in [6, 6.07) is 10.8. The van der Waals surface area contributed by atoms with E-state index in [1.807, 2.05) is 6.07 Å². The van der Waals surface area contributed by atoms with E-state index in [2.05, 4.69) is 48.8 Å². The summed E-state index contributed by atoms with van der Waals surface area (Å²) in [6.07, 6.45) is 2.23. The molecule has 2 aromatic rings. The highest BCUT2D eigenvalue weighted by molar-refractivity contribution is 7.09. The van der Waals surface area contributed by atoms with Crippen molar-refractivity contribution >= 4 is 11.3 Å². The number of aromatic nitrogens is 1. The highest BCUT2D eigenvalue weighted by Gasteiger charge is 2.15. The molecule has 0 bridgehead atoms. The van der Waals surface area contributed by atoms with Crippen molar-refractivity contribution in [3.63, 3.8) is 0 Å². The SMILES string of the molecule is CCNC(Cc1nc(-c2ccccc2)cs1)CC(C)OC. The lowest BCUT2D eigenvalue weighted by atomic mass is 10.1. The second kappa shape index (κ2) is 8.27. The monoisotopic (exact) mass is 304 g/mol. The number of hydrogen-bond donors (Lipinski definition) is 1. The zero-order chi connectivity index (χ0) is 15.1. The van der Waals surface area contributed by atoms with E-state index in [9.17, 15) is 0 Å². The van der Waals surface area contributed by atoms with Gasteiger partial charge in [0.25, 0.3) is 0 Å². The molecule has 3 nitrogen and oxygen atoms in total. The second-order valence-corrected chi connectivity index (χ2v) is 6.18. The largest absolute Gasteiger partial charge is 0.382 e. The summed E-state index contributed by atoms with van der Waals surface area (Å²) in [5.41, 5.74) is 2.26. The van der Waals surface area contributed by atoms with Crippen LogP contribution in [-0.2, 0) is 11.2 Å². The van der Waals surface area contributed by atoms with Gasteiger partial charge in [0.15, 0.2) is 0 Å². The average Bonchev–Trinajstić information content (AvgIpc) is 2.97. The van der Waals surface area contributed by atoms with E-state index in [1.165, 1.54) is 10.6 Å². The summed E-state index contributed by atoms with van der Waals surface area (Å²) in [5, 5.41) is 6.86. The van der Waals surface area contributed by atoms with Crippen LogP contribution in [0.5, 0.6) is 0 Å². The fourth-order valence-electron chi connectivity index (χ4n) is 2.38. The van der Waals surface area contributed by atoms with Crippen LogP contribution < -0.4 is 5.32 Å². The van der Waals surface area contributed by atoms with Crippen LogP contribution in [0.4, 0.5) is 0 Å². The van der Waals surface area contributed by atoms with Crippen LogP contribution in [0, 0.1) is 0 Å². The number of hydrogen-bond acceptors (Lipinski definition) is 4. The minimum absolute atomic E-state index is 0.266. The van der Waals surface area contributed by atoms with Crippen LogP contribution in [-0.4, -0.2) is 30.8 Å². The number of thiazole rings is 1. The summed E-state index contributed by atoms with van der Waals surface area (Å²) < 4.78 is 5.38. The van der Waals surface area contributed by atoms with Gasteiger partial charge in [0, 0.05) is 30.5 Å². The minimum Gasteiger partial charge on any atom is -0.382 e. The molecule has 0 aliphatic rings. The Bertz CT molecular complexity index is 527. The van der Waals surface area contributed by atoms with Crippen LogP contribution in [0.2, 0.25) is 0 Å². The highest BCUT2D eigenvalue weighted by Crippen LogP contribution is 2.23. The average molecular weight is 304 g/mol. The molecule has 2 unspecified atom stereocenters. The van der Waals surface area contributed by atoms with E-state index >= 15 is 0 Å². The molecule has 0 radical (unpaired) electrons. The number of nitrogens with zero attached hydrogens (tertiary/aromatic N) is 1. The van der Waals surface area contributed by atoms with Gasteiger partial charge in [-0.25, -0.2) is 4.98 Å². The van der Waals surface area contributed by atoms with Gasteiger partial charge in [0.2, 0.25) is 0 Å². The standard InChI is InChI=1S/C17H24N2OS/c1-4-18-15(10-13(2)20-3)11-17-19-16(12-21-17)14-8-6-5-7-9-14/h5-9,12-13,15,18H,4,10-11H2,1-3H3. The Labute approximate surface area is 131 Å². The molecular formula is C17H24N2OS. The van der Waals surface area contributed by atoms with E-state index in [-0.39, 0.29) is 6.10 Å². The quantitative estimate of drug-likeness (QED) is 0.806. The fraction of sp³-hybridized carbons (Fsp3) is 0.471. The van der Waals surface area contributed by atoms with Crippen molar-refractivity contribution in [3.05, 3.63) is 40.7 Å². The molecule has 21 heavy (non-hydrogen) atoms. The molecule has 1 aromatic carbocycles. The first-order valence-electron chi connectivity index (χ1n) is 7.49. The van der Waals surface area contributed by atoms with E-state index in [4.69, 9.17) is 9.72 Å². The molecule has 0 saturated heterocycles. The van der Waals surface area contributed by atoms with Gasteiger partial charge in [-0.3, -0.25) is 0 Å². The minimum atomic E-state index is 0.266. The van der Waals surface area contributed by atoms with E-state index in [0.29, 0.717) is 6.04 Å². The molecule has 1 heterocycles. The molecule has 1 aromatic heterocycles. The number of benzene rings is 1. The lowest BCUT2D eigenvalue weighted by Gasteiger charge is -2.20. The maximum atomic E-state index is 5.38. The van der Waals surface area contributed by atoms with Gasteiger partial charge < -0.3 is 10.1 Å². The van der Waals surface area contributed by atoms with Gasteiger partial charge in [-0.15, -0.1) is 11.3 Å².